The minimum atomic E-state index is -0.294. The van der Waals surface area contributed by atoms with Crippen LogP contribution in [0, 0.1) is 5.92 Å². The Morgan fingerprint density at radius 1 is 1.41 bits per heavy atom. The number of hydrogen-bond acceptors (Lipinski definition) is 4. The van der Waals surface area contributed by atoms with Gasteiger partial charge in [-0.25, -0.2) is 4.98 Å². The van der Waals surface area contributed by atoms with Crippen LogP contribution in [0.5, 0.6) is 0 Å². The van der Waals surface area contributed by atoms with Gasteiger partial charge in [-0.1, -0.05) is 6.92 Å². The second-order valence-corrected chi connectivity index (χ2v) is 5.26. The van der Waals surface area contributed by atoms with Gasteiger partial charge in [-0.3, -0.25) is 4.68 Å². The maximum Gasteiger partial charge on any atom is 0.169 e. The summed E-state index contributed by atoms with van der Waals surface area (Å²) in [6, 6.07) is 0. The second kappa shape index (κ2) is 4.38. The van der Waals surface area contributed by atoms with Gasteiger partial charge in [0.2, 0.25) is 0 Å². The lowest BCUT2D eigenvalue weighted by Crippen LogP contribution is -2.35. The minimum absolute atomic E-state index is 0.116. The van der Waals surface area contributed by atoms with Gasteiger partial charge in [0.05, 0.1) is 13.2 Å². The van der Waals surface area contributed by atoms with E-state index in [1.54, 1.807) is 17.3 Å². The molecule has 0 aromatic carbocycles. The van der Waals surface area contributed by atoms with Crippen LogP contribution in [0.25, 0.3) is 0 Å². The number of aromatic nitrogens is 3. The predicted molar refractivity (Wildman–Crippen MR) is 61.2 cm³/mol. The third-order valence-electron chi connectivity index (χ3n) is 3.81. The number of hydrogen-bond donors (Lipinski definition) is 0. The van der Waals surface area contributed by atoms with Crippen molar-refractivity contribution < 1.29 is 9.47 Å². The Bertz CT molecular complexity index is 358. The maximum absolute atomic E-state index is 6.10. The predicted octanol–water partition coefficient (Wildman–Crippen LogP) is 1.60. The molecule has 1 aromatic rings. The number of ether oxygens (including phenoxy) is 2. The molecular formula is C12H19N3O2. The Morgan fingerprint density at radius 2 is 2.24 bits per heavy atom. The first kappa shape index (κ1) is 11.2. The van der Waals surface area contributed by atoms with Crippen molar-refractivity contribution in [1.82, 2.24) is 14.8 Å². The molecule has 1 saturated heterocycles. The molecule has 3 rings (SSSR count). The molecule has 0 amide bonds. The van der Waals surface area contributed by atoms with E-state index < -0.39 is 0 Å². The van der Waals surface area contributed by atoms with Gasteiger partial charge in [-0.05, 0) is 18.8 Å². The van der Waals surface area contributed by atoms with E-state index in [0.717, 1.165) is 25.3 Å². The highest BCUT2D eigenvalue weighted by Crippen LogP contribution is 2.39. The van der Waals surface area contributed by atoms with Crippen LogP contribution < -0.4 is 0 Å². The molecule has 2 fully saturated rings. The normalized spacial score (nSPS) is 37.7. The van der Waals surface area contributed by atoms with Crippen molar-refractivity contribution in [2.45, 2.75) is 51.0 Å². The van der Waals surface area contributed by atoms with E-state index in [0.29, 0.717) is 6.61 Å². The van der Waals surface area contributed by atoms with Crippen LogP contribution in [0.4, 0.5) is 0 Å². The molecule has 17 heavy (non-hydrogen) atoms. The highest BCUT2D eigenvalue weighted by molar-refractivity contribution is 4.84. The molecule has 1 atom stereocenters. The van der Waals surface area contributed by atoms with Gasteiger partial charge in [0.25, 0.3) is 0 Å². The Labute approximate surface area is 101 Å². The molecule has 1 saturated carbocycles. The maximum atomic E-state index is 6.10. The van der Waals surface area contributed by atoms with Crippen molar-refractivity contribution >= 4 is 0 Å². The van der Waals surface area contributed by atoms with Crippen LogP contribution in [0.3, 0.4) is 0 Å². The molecule has 94 valence electrons. The van der Waals surface area contributed by atoms with Crippen LogP contribution in [-0.2, 0) is 16.0 Å². The second-order valence-electron chi connectivity index (χ2n) is 5.26. The lowest BCUT2D eigenvalue weighted by atomic mass is 9.86. The van der Waals surface area contributed by atoms with E-state index in [1.807, 2.05) is 0 Å². The molecule has 1 aromatic heterocycles. The van der Waals surface area contributed by atoms with Gasteiger partial charge < -0.3 is 9.47 Å². The summed E-state index contributed by atoms with van der Waals surface area (Å²) in [7, 11) is 0. The summed E-state index contributed by atoms with van der Waals surface area (Å²) in [6.07, 6.45) is 7.85. The van der Waals surface area contributed by atoms with Gasteiger partial charge >= 0.3 is 0 Å². The topological polar surface area (TPSA) is 49.2 Å². The standard InChI is InChI=1S/C12H19N3O2/c1-10-2-4-12(5-3-10)16-7-11(17-12)6-15-9-13-8-14-15/h8-11H,2-7H2,1H3/t10?,11-,12?/m0/s1. The molecule has 5 nitrogen and oxygen atoms in total. The monoisotopic (exact) mass is 237 g/mol. The lowest BCUT2D eigenvalue weighted by Gasteiger charge is -2.34. The van der Waals surface area contributed by atoms with E-state index in [-0.39, 0.29) is 11.9 Å². The van der Waals surface area contributed by atoms with Crippen LogP contribution in [0.15, 0.2) is 12.7 Å². The average molecular weight is 237 g/mol. The first-order valence-electron chi connectivity index (χ1n) is 6.40. The summed E-state index contributed by atoms with van der Waals surface area (Å²) in [6.45, 7) is 3.71. The Balaban J connectivity index is 1.58. The SMILES string of the molecule is CC1CCC2(CC1)OC[C@H](Cn1cncn1)O2. The molecule has 0 N–H and O–H groups in total. The molecule has 2 aliphatic rings. The molecule has 1 aliphatic heterocycles. The van der Waals surface area contributed by atoms with Gasteiger partial charge in [0.1, 0.15) is 18.8 Å². The smallest absolute Gasteiger partial charge is 0.169 e. The zero-order valence-electron chi connectivity index (χ0n) is 10.2. The molecule has 0 bridgehead atoms. The highest BCUT2D eigenvalue weighted by Gasteiger charge is 2.43. The van der Waals surface area contributed by atoms with Gasteiger partial charge in [-0.15, -0.1) is 0 Å². The Morgan fingerprint density at radius 3 is 2.94 bits per heavy atom. The minimum Gasteiger partial charge on any atom is -0.347 e. The van der Waals surface area contributed by atoms with Crippen LogP contribution in [0.2, 0.25) is 0 Å². The van der Waals surface area contributed by atoms with Gasteiger partial charge in [0, 0.05) is 12.8 Å². The van der Waals surface area contributed by atoms with E-state index in [4.69, 9.17) is 9.47 Å². The summed E-state index contributed by atoms with van der Waals surface area (Å²) in [5, 5.41) is 4.10. The molecular weight excluding hydrogens is 218 g/mol. The summed E-state index contributed by atoms with van der Waals surface area (Å²) >= 11 is 0. The van der Waals surface area contributed by atoms with E-state index in [2.05, 4.69) is 17.0 Å². The van der Waals surface area contributed by atoms with Crippen molar-refractivity contribution in [3.8, 4) is 0 Å². The first-order chi connectivity index (χ1) is 8.26. The molecule has 1 aliphatic carbocycles. The summed E-state index contributed by atoms with van der Waals surface area (Å²) in [5.41, 5.74) is 0. The summed E-state index contributed by atoms with van der Waals surface area (Å²) in [5.74, 6) is 0.514. The lowest BCUT2D eigenvalue weighted by molar-refractivity contribution is -0.192. The van der Waals surface area contributed by atoms with Gasteiger partial charge in [-0.2, -0.15) is 5.10 Å². The molecule has 0 radical (unpaired) electrons. The van der Waals surface area contributed by atoms with E-state index in [1.165, 1.54) is 12.8 Å². The molecule has 5 heteroatoms. The fourth-order valence-electron chi connectivity index (χ4n) is 2.71. The van der Waals surface area contributed by atoms with Gasteiger partial charge in [0.15, 0.2) is 5.79 Å². The van der Waals surface area contributed by atoms with Crippen molar-refractivity contribution in [1.29, 1.82) is 0 Å². The fourth-order valence-corrected chi connectivity index (χ4v) is 2.71. The van der Waals surface area contributed by atoms with Crippen molar-refractivity contribution in [2.75, 3.05) is 6.61 Å². The quantitative estimate of drug-likeness (QED) is 0.784. The van der Waals surface area contributed by atoms with Crippen molar-refractivity contribution in [3.63, 3.8) is 0 Å². The van der Waals surface area contributed by atoms with Crippen molar-refractivity contribution in [2.24, 2.45) is 5.92 Å². The Kier molecular flexibility index (Phi) is 2.88. The number of nitrogens with zero attached hydrogens (tertiary/aromatic N) is 3. The van der Waals surface area contributed by atoms with Crippen molar-refractivity contribution in [3.05, 3.63) is 12.7 Å². The molecule has 1 spiro atoms. The zero-order chi connectivity index (χ0) is 11.7. The summed E-state index contributed by atoms with van der Waals surface area (Å²) in [4.78, 5) is 3.93. The van der Waals surface area contributed by atoms with Crippen LogP contribution in [0.1, 0.15) is 32.6 Å². The third kappa shape index (κ3) is 2.35. The zero-order valence-corrected chi connectivity index (χ0v) is 10.2. The largest absolute Gasteiger partial charge is 0.347 e. The van der Waals surface area contributed by atoms with Crippen LogP contribution in [-0.4, -0.2) is 33.3 Å². The first-order valence-corrected chi connectivity index (χ1v) is 6.40. The molecule has 2 heterocycles. The highest BCUT2D eigenvalue weighted by atomic mass is 16.7. The number of rotatable bonds is 2. The molecule has 0 unspecified atom stereocenters. The fraction of sp³-hybridized carbons (Fsp3) is 0.833. The van der Waals surface area contributed by atoms with Crippen LogP contribution >= 0.6 is 0 Å². The third-order valence-corrected chi connectivity index (χ3v) is 3.81. The average Bonchev–Trinajstić information content (AvgIpc) is 2.95. The van der Waals surface area contributed by atoms with E-state index >= 15 is 0 Å². The van der Waals surface area contributed by atoms with E-state index in [9.17, 15) is 0 Å². The Hall–Kier alpha value is -0.940. The summed E-state index contributed by atoms with van der Waals surface area (Å²) < 4.78 is 13.8.